The Morgan fingerprint density at radius 1 is 1.16 bits per heavy atom. The van der Waals surface area contributed by atoms with Gasteiger partial charge in [0.15, 0.2) is 5.58 Å². The van der Waals surface area contributed by atoms with Gasteiger partial charge >= 0.3 is 5.76 Å². The van der Waals surface area contributed by atoms with Crippen LogP contribution >= 0.6 is 0 Å². The highest BCUT2D eigenvalue weighted by molar-refractivity contribution is 5.97. The van der Waals surface area contributed by atoms with Gasteiger partial charge in [0.25, 0.3) is 5.91 Å². The highest BCUT2D eigenvalue weighted by Gasteiger charge is 2.23. The fourth-order valence-electron chi connectivity index (χ4n) is 3.12. The van der Waals surface area contributed by atoms with Crippen molar-refractivity contribution < 1.29 is 14.0 Å². The van der Waals surface area contributed by atoms with Crippen LogP contribution in [-0.2, 0) is 4.79 Å². The maximum absolute atomic E-state index is 12.8. The molecule has 0 aliphatic carbocycles. The van der Waals surface area contributed by atoms with Crippen molar-refractivity contribution in [3.8, 4) is 0 Å². The monoisotopic (exact) mass is 345 g/mol. The summed E-state index contributed by atoms with van der Waals surface area (Å²) in [5.74, 6) is -0.144. The Morgan fingerprint density at radius 2 is 1.88 bits per heavy atom. The van der Waals surface area contributed by atoms with Crippen LogP contribution in [0.5, 0.6) is 0 Å². The summed E-state index contributed by atoms with van der Waals surface area (Å²) < 4.78 is 4.96. The average molecular weight is 345 g/mol. The number of nitrogens with zero attached hydrogens (tertiary/aromatic N) is 2. The molecule has 1 fully saturated rings. The van der Waals surface area contributed by atoms with E-state index < -0.39 is 5.76 Å². The third-order valence-corrected chi connectivity index (χ3v) is 4.38. The first-order valence-electron chi connectivity index (χ1n) is 8.64. The lowest BCUT2D eigenvalue weighted by Crippen LogP contribution is -2.37. The number of aromatic nitrogens is 1. The van der Waals surface area contributed by atoms with Crippen LogP contribution in [0.2, 0.25) is 0 Å². The minimum atomic E-state index is -0.534. The summed E-state index contributed by atoms with van der Waals surface area (Å²) >= 11 is 0. The Labute approximate surface area is 145 Å². The van der Waals surface area contributed by atoms with Gasteiger partial charge in [-0.2, -0.15) is 0 Å². The number of benzene rings is 1. The minimum Gasteiger partial charge on any atom is -0.408 e. The second-order valence-electron chi connectivity index (χ2n) is 6.85. The smallest absolute Gasteiger partial charge is 0.408 e. The number of hydrogen-bond donors (Lipinski definition) is 1. The van der Waals surface area contributed by atoms with E-state index in [2.05, 4.69) is 4.98 Å². The first kappa shape index (κ1) is 17.3. The Morgan fingerprint density at radius 3 is 2.64 bits per heavy atom. The van der Waals surface area contributed by atoms with Crippen LogP contribution in [0.4, 0.5) is 0 Å². The van der Waals surface area contributed by atoms with Gasteiger partial charge < -0.3 is 14.2 Å². The molecular formula is C18H23N3O4. The predicted molar refractivity (Wildman–Crippen MR) is 93.4 cm³/mol. The van der Waals surface area contributed by atoms with Crippen molar-refractivity contribution in [1.29, 1.82) is 0 Å². The first-order valence-corrected chi connectivity index (χ1v) is 8.64. The molecule has 7 heteroatoms. The normalized spacial score (nSPS) is 15.6. The van der Waals surface area contributed by atoms with Crippen LogP contribution in [0.1, 0.15) is 37.0 Å². The van der Waals surface area contributed by atoms with Crippen LogP contribution < -0.4 is 5.76 Å². The largest absolute Gasteiger partial charge is 0.417 e. The summed E-state index contributed by atoms with van der Waals surface area (Å²) in [4.78, 5) is 42.4. The lowest BCUT2D eigenvalue weighted by atomic mass is 10.1. The fraction of sp³-hybridized carbons (Fsp3) is 0.500. The van der Waals surface area contributed by atoms with Crippen LogP contribution in [0.15, 0.2) is 27.4 Å². The van der Waals surface area contributed by atoms with Crippen LogP contribution in [-0.4, -0.2) is 52.8 Å². The van der Waals surface area contributed by atoms with E-state index in [4.69, 9.17) is 4.42 Å². The van der Waals surface area contributed by atoms with Gasteiger partial charge in [-0.3, -0.25) is 14.6 Å². The van der Waals surface area contributed by atoms with E-state index in [1.807, 2.05) is 18.7 Å². The van der Waals surface area contributed by atoms with Crippen molar-refractivity contribution in [3.05, 3.63) is 34.3 Å². The van der Waals surface area contributed by atoms with Crippen molar-refractivity contribution in [2.24, 2.45) is 5.92 Å². The maximum Gasteiger partial charge on any atom is 0.417 e. The Hall–Kier alpha value is -2.57. The average Bonchev–Trinajstić information content (AvgIpc) is 2.77. The first-order chi connectivity index (χ1) is 11.9. The maximum atomic E-state index is 12.8. The molecule has 7 nitrogen and oxygen atoms in total. The van der Waals surface area contributed by atoms with Crippen molar-refractivity contribution in [3.63, 3.8) is 0 Å². The third kappa shape index (κ3) is 3.92. The van der Waals surface area contributed by atoms with E-state index in [1.54, 1.807) is 23.1 Å². The molecule has 134 valence electrons. The molecule has 3 rings (SSSR count). The molecule has 1 aliphatic rings. The number of rotatable bonds is 3. The molecule has 0 atom stereocenters. The number of nitrogens with one attached hydrogen (secondary N) is 1. The van der Waals surface area contributed by atoms with E-state index >= 15 is 0 Å². The summed E-state index contributed by atoms with van der Waals surface area (Å²) in [6, 6.07) is 4.92. The van der Waals surface area contributed by atoms with Gasteiger partial charge in [0.1, 0.15) is 0 Å². The molecule has 0 unspecified atom stereocenters. The lowest BCUT2D eigenvalue weighted by Gasteiger charge is -2.23. The molecule has 1 aromatic heterocycles. The summed E-state index contributed by atoms with van der Waals surface area (Å²) in [5.41, 5.74) is 1.45. The van der Waals surface area contributed by atoms with Crippen molar-refractivity contribution >= 4 is 22.9 Å². The van der Waals surface area contributed by atoms with Crippen LogP contribution in [0.3, 0.4) is 0 Å². The molecule has 1 aromatic carbocycles. The van der Waals surface area contributed by atoms with Gasteiger partial charge in [-0.05, 0) is 30.5 Å². The number of amides is 2. The van der Waals surface area contributed by atoms with E-state index in [-0.39, 0.29) is 11.8 Å². The van der Waals surface area contributed by atoms with Crippen LogP contribution in [0.25, 0.3) is 11.1 Å². The van der Waals surface area contributed by atoms with E-state index in [9.17, 15) is 14.4 Å². The number of oxazole rings is 1. The number of hydrogen-bond acceptors (Lipinski definition) is 4. The number of fused-ring (bicyclic) bond motifs is 1. The van der Waals surface area contributed by atoms with Crippen molar-refractivity contribution in [2.75, 3.05) is 26.2 Å². The van der Waals surface area contributed by atoms with E-state index in [0.29, 0.717) is 55.2 Å². The molecule has 0 bridgehead atoms. The molecule has 1 N–H and O–H groups in total. The number of H-pyrrole nitrogens is 1. The molecule has 0 radical (unpaired) electrons. The predicted octanol–water partition coefficient (Wildman–Crippen LogP) is 1.84. The molecule has 1 aliphatic heterocycles. The Balaban J connectivity index is 1.69. The summed E-state index contributed by atoms with van der Waals surface area (Å²) in [7, 11) is 0. The van der Waals surface area contributed by atoms with Gasteiger partial charge in [-0.15, -0.1) is 0 Å². The van der Waals surface area contributed by atoms with Crippen LogP contribution in [0, 0.1) is 5.92 Å². The SMILES string of the molecule is CC(C)CC(=O)N1CCCN(C(=O)c2ccc3oc(=O)[nH]c3c2)CC1. The lowest BCUT2D eigenvalue weighted by molar-refractivity contribution is -0.131. The van der Waals surface area contributed by atoms with Gasteiger partial charge in [-0.1, -0.05) is 13.8 Å². The summed E-state index contributed by atoms with van der Waals surface area (Å²) in [5, 5.41) is 0. The third-order valence-electron chi connectivity index (χ3n) is 4.38. The Bertz CT molecular complexity index is 836. The highest BCUT2D eigenvalue weighted by atomic mass is 16.4. The zero-order valence-corrected chi connectivity index (χ0v) is 14.6. The fourth-order valence-corrected chi connectivity index (χ4v) is 3.12. The molecule has 2 heterocycles. The summed E-state index contributed by atoms with van der Waals surface area (Å²) in [6.07, 6.45) is 1.30. The van der Waals surface area contributed by atoms with Gasteiger partial charge in [-0.25, -0.2) is 4.79 Å². The molecule has 0 saturated carbocycles. The van der Waals surface area contributed by atoms with Gasteiger partial charge in [0.05, 0.1) is 5.52 Å². The quantitative estimate of drug-likeness (QED) is 0.920. The zero-order valence-electron chi connectivity index (χ0n) is 14.6. The second kappa shape index (κ2) is 7.13. The molecule has 0 spiro atoms. The summed E-state index contributed by atoms with van der Waals surface area (Å²) in [6.45, 7) is 6.43. The molecule has 2 aromatic rings. The van der Waals surface area contributed by atoms with Gasteiger partial charge in [0.2, 0.25) is 5.91 Å². The second-order valence-corrected chi connectivity index (χ2v) is 6.85. The minimum absolute atomic E-state index is 0.0953. The molecular weight excluding hydrogens is 322 g/mol. The zero-order chi connectivity index (χ0) is 18.0. The standard InChI is InChI=1S/C18H23N3O4/c1-12(2)10-16(22)20-6-3-7-21(9-8-20)17(23)13-4-5-15-14(11-13)19-18(24)25-15/h4-5,11-12H,3,6-10H2,1-2H3,(H,19,24). The molecule has 25 heavy (non-hydrogen) atoms. The topological polar surface area (TPSA) is 86.6 Å². The Kier molecular flexibility index (Phi) is 4.92. The number of aromatic amines is 1. The van der Waals surface area contributed by atoms with Crippen molar-refractivity contribution in [2.45, 2.75) is 26.7 Å². The molecule has 1 saturated heterocycles. The van der Waals surface area contributed by atoms with Gasteiger partial charge in [0, 0.05) is 38.2 Å². The van der Waals surface area contributed by atoms with E-state index in [0.717, 1.165) is 6.42 Å². The van der Waals surface area contributed by atoms with Crippen molar-refractivity contribution in [1.82, 2.24) is 14.8 Å². The highest BCUT2D eigenvalue weighted by Crippen LogP contribution is 2.16. The van der Waals surface area contributed by atoms with E-state index in [1.165, 1.54) is 0 Å². The number of carbonyl (C=O) groups excluding carboxylic acids is 2. The number of carbonyl (C=O) groups is 2. The molecule has 2 amide bonds.